The first-order valence-electron chi connectivity index (χ1n) is 6.40. The van der Waals surface area contributed by atoms with Gasteiger partial charge in [0.1, 0.15) is 5.82 Å². The zero-order valence-corrected chi connectivity index (χ0v) is 11.5. The predicted molar refractivity (Wildman–Crippen MR) is 74.3 cm³/mol. The molecule has 3 heteroatoms. The van der Waals surface area contributed by atoms with E-state index in [9.17, 15) is 0 Å². The van der Waals surface area contributed by atoms with Gasteiger partial charge in [0.05, 0.1) is 0 Å². The third kappa shape index (κ3) is 5.18. The second-order valence-electron chi connectivity index (χ2n) is 5.31. The fourth-order valence-electron chi connectivity index (χ4n) is 1.70. The van der Waals surface area contributed by atoms with Gasteiger partial charge >= 0.3 is 0 Å². The summed E-state index contributed by atoms with van der Waals surface area (Å²) in [4.78, 5) is 6.68. The minimum Gasteiger partial charge on any atom is -0.360 e. The summed E-state index contributed by atoms with van der Waals surface area (Å²) in [6.45, 7) is 7.56. The molecule has 1 aromatic heterocycles. The summed E-state index contributed by atoms with van der Waals surface area (Å²) in [6.07, 6.45) is 4.02. The first kappa shape index (κ1) is 14.0. The molecule has 96 valence electrons. The van der Waals surface area contributed by atoms with Crippen molar-refractivity contribution in [2.24, 2.45) is 11.7 Å². The van der Waals surface area contributed by atoms with Crippen LogP contribution in [0.4, 0.5) is 5.82 Å². The van der Waals surface area contributed by atoms with Gasteiger partial charge in [0.25, 0.3) is 0 Å². The van der Waals surface area contributed by atoms with Gasteiger partial charge < -0.3 is 10.6 Å². The molecule has 0 aliphatic heterocycles. The highest BCUT2D eigenvalue weighted by Crippen LogP contribution is 2.12. The van der Waals surface area contributed by atoms with E-state index < -0.39 is 0 Å². The first-order chi connectivity index (χ1) is 7.99. The smallest absolute Gasteiger partial charge is 0.128 e. The largest absolute Gasteiger partial charge is 0.360 e. The van der Waals surface area contributed by atoms with Crippen LogP contribution in [0.1, 0.15) is 32.8 Å². The molecule has 0 aromatic carbocycles. The fraction of sp³-hybridized carbons (Fsp3) is 0.643. The van der Waals surface area contributed by atoms with Gasteiger partial charge in [-0.1, -0.05) is 19.9 Å². The van der Waals surface area contributed by atoms with Crippen LogP contribution in [0.15, 0.2) is 18.3 Å². The van der Waals surface area contributed by atoms with Gasteiger partial charge in [-0.25, -0.2) is 4.98 Å². The lowest BCUT2D eigenvalue weighted by Gasteiger charge is -2.19. The molecule has 3 nitrogen and oxygen atoms in total. The van der Waals surface area contributed by atoms with Crippen LogP contribution in [0.25, 0.3) is 0 Å². The van der Waals surface area contributed by atoms with Gasteiger partial charge in [0, 0.05) is 25.8 Å². The maximum absolute atomic E-state index is 5.77. The van der Waals surface area contributed by atoms with E-state index in [1.165, 1.54) is 12.0 Å². The van der Waals surface area contributed by atoms with Gasteiger partial charge in [-0.15, -0.1) is 0 Å². The molecule has 1 unspecified atom stereocenters. The lowest BCUT2D eigenvalue weighted by Crippen LogP contribution is -2.21. The number of pyridine rings is 1. The summed E-state index contributed by atoms with van der Waals surface area (Å²) in [7, 11) is 2.09. The Morgan fingerprint density at radius 1 is 1.29 bits per heavy atom. The van der Waals surface area contributed by atoms with E-state index in [4.69, 9.17) is 5.73 Å². The topological polar surface area (TPSA) is 42.1 Å². The Hall–Kier alpha value is -1.09. The summed E-state index contributed by atoms with van der Waals surface area (Å²) >= 11 is 0. The molecule has 0 spiro atoms. The van der Waals surface area contributed by atoms with Gasteiger partial charge in [0.2, 0.25) is 0 Å². The molecular formula is C14H25N3. The van der Waals surface area contributed by atoms with Gasteiger partial charge in [0.15, 0.2) is 0 Å². The van der Waals surface area contributed by atoms with Crippen molar-refractivity contribution in [2.75, 3.05) is 18.5 Å². The summed E-state index contributed by atoms with van der Waals surface area (Å²) in [5, 5.41) is 0. The molecule has 2 N–H and O–H groups in total. The molecule has 0 radical (unpaired) electrons. The van der Waals surface area contributed by atoms with Crippen molar-refractivity contribution in [1.82, 2.24) is 4.98 Å². The Morgan fingerprint density at radius 2 is 2.00 bits per heavy atom. The SMILES string of the molecule is CC(C)CCN(C)c1ccc(CC(C)N)cn1. The molecule has 1 heterocycles. The normalized spacial score (nSPS) is 12.8. The van der Waals surface area contributed by atoms with Crippen molar-refractivity contribution in [1.29, 1.82) is 0 Å². The number of hydrogen-bond acceptors (Lipinski definition) is 3. The molecule has 0 saturated carbocycles. The highest BCUT2D eigenvalue weighted by Gasteiger charge is 2.04. The third-order valence-electron chi connectivity index (χ3n) is 2.80. The first-order valence-corrected chi connectivity index (χ1v) is 6.40. The van der Waals surface area contributed by atoms with Crippen LogP contribution in [0, 0.1) is 5.92 Å². The van der Waals surface area contributed by atoms with E-state index in [0.717, 1.165) is 24.7 Å². The molecular weight excluding hydrogens is 210 g/mol. The standard InChI is InChI=1S/C14H25N3/c1-11(2)7-8-17(4)14-6-5-13(10-16-14)9-12(3)15/h5-6,10-12H,7-9,15H2,1-4H3. The average Bonchev–Trinajstić information content (AvgIpc) is 2.26. The van der Waals surface area contributed by atoms with E-state index in [-0.39, 0.29) is 6.04 Å². The van der Waals surface area contributed by atoms with Crippen molar-refractivity contribution in [2.45, 2.75) is 39.7 Å². The van der Waals surface area contributed by atoms with E-state index >= 15 is 0 Å². The van der Waals surface area contributed by atoms with E-state index in [1.54, 1.807) is 0 Å². The lowest BCUT2D eigenvalue weighted by molar-refractivity contribution is 0.583. The Balaban J connectivity index is 2.54. The average molecular weight is 235 g/mol. The highest BCUT2D eigenvalue weighted by atomic mass is 15.2. The maximum Gasteiger partial charge on any atom is 0.128 e. The molecule has 1 atom stereocenters. The Morgan fingerprint density at radius 3 is 2.47 bits per heavy atom. The third-order valence-corrected chi connectivity index (χ3v) is 2.80. The second kappa shape index (κ2) is 6.60. The van der Waals surface area contributed by atoms with Gasteiger partial charge in [-0.3, -0.25) is 0 Å². The summed E-state index contributed by atoms with van der Waals surface area (Å²) in [6, 6.07) is 4.40. The van der Waals surface area contributed by atoms with Gasteiger partial charge in [-0.05, 0) is 37.3 Å². The lowest BCUT2D eigenvalue weighted by atomic mass is 10.1. The number of hydrogen-bond donors (Lipinski definition) is 1. The van der Waals surface area contributed by atoms with Crippen molar-refractivity contribution >= 4 is 5.82 Å². The Bertz CT molecular complexity index is 317. The van der Waals surface area contributed by atoms with Crippen LogP contribution in [-0.4, -0.2) is 24.6 Å². The number of nitrogens with two attached hydrogens (primary N) is 1. The predicted octanol–water partition coefficient (Wildman–Crippen LogP) is 2.45. The molecule has 1 aromatic rings. The highest BCUT2D eigenvalue weighted by molar-refractivity contribution is 5.38. The van der Waals surface area contributed by atoms with Crippen LogP contribution in [0.5, 0.6) is 0 Å². The number of aromatic nitrogens is 1. The molecule has 17 heavy (non-hydrogen) atoms. The van der Waals surface area contributed by atoms with Crippen LogP contribution < -0.4 is 10.6 Å². The van der Waals surface area contributed by atoms with Crippen LogP contribution in [0.3, 0.4) is 0 Å². The van der Waals surface area contributed by atoms with Crippen LogP contribution in [-0.2, 0) is 6.42 Å². The molecule has 0 aliphatic rings. The molecule has 0 bridgehead atoms. The summed E-state index contributed by atoms with van der Waals surface area (Å²) in [5.41, 5.74) is 6.97. The number of rotatable bonds is 6. The second-order valence-corrected chi connectivity index (χ2v) is 5.31. The fourth-order valence-corrected chi connectivity index (χ4v) is 1.70. The quantitative estimate of drug-likeness (QED) is 0.823. The molecule has 0 fully saturated rings. The zero-order chi connectivity index (χ0) is 12.8. The minimum atomic E-state index is 0.196. The maximum atomic E-state index is 5.77. The Kier molecular flexibility index (Phi) is 5.42. The van der Waals surface area contributed by atoms with Crippen molar-refractivity contribution in [3.63, 3.8) is 0 Å². The monoisotopic (exact) mass is 235 g/mol. The van der Waals surface area contributed by atoms with Crippen molar-refractivity contribution in [3.05, 3.63) is 23.9 Å². The molecule has 0 amide bonds. The van der Waals surface area contributed by atoms with E-state index in [0.29, 0.717) is 0 Å². The number of nitrogens with zero attached hydrogens (tertiary/aromatic N) is 2. The van der Waals surface area contributed by atoms with E-state index in [1.807, 2.05) is 13.1 Å². The van der Waals surface area contributed by atoms with Crippen LogP contribution >= 0.6 is 0 Å². The van der Waals surface area contributed by atoms with Crippen LogP contribution in [0.2, 0.25) is 0 Å². The minimum absolute atomic E-state index is 0.196. The molecule has 0 saturated heterocycles. The van der Waals surface area contributed by atoms with Crippen molar-refractivity contribution in [3.8, 4) is 0 Å². The number of anilines is 1. The van der Waals surface area contributed by atoms with E-state index in [2.05, 4.69) is 42.9 Å². The van der Waals surface area contributed by atoms with Gasteiger partial charge in [-0.2, -0.15) is 0 Å². The molecule has 0 aliphatic carbocycles. The summed E-state index contributed by atoms with van der Waals surface area (Å²) in [5.74, 6) is 1.77. The zero-order valence-electron chi connectivity index (χ0n) is 11.5. The van der Waals surface area contributed by atoms with Crippen molar-refractivity contribution < 1.29 is 0 Å². The molecule has 1 rings (SSSR count). The Labute approximate surface area is 105 Å². The summed E-state index contributed by atoms with van der Waals surface area (Å²) < 4.78 is 0.